The maximum atomic E-state index is 12.2. The van der Waals surface area contributed by atoms with E-state index < -0.39 is 0 Å². The van der Waals surface area contributed by atoms with Gasteiger partial charge in [-0.2, -0.15) is 0 Å². The summed E-state index contributed by atoms with van der Waals surface area (Å²) >= 11 is 0. The Kier molecular flexibility index (Phi) is 4.23. The maximum Gasteiger partial charge on any atom is 0.251 e. The zero-order chi connectivity index (χ0) is 14.7. The molecular weight excluding hydrogens is 266 g/mol. The van der Waals surface area contributed by atoms with Crippen molar-refractivity contribution in [2.75, 3.05) is 6.61 Å². The third-order valence-corrected chi connectivity index (χ3v) is 4.04. The highest BCUT2D eigenvalue weighted by Crippen LogP contribution is 2.34. The Labute approximate surface area is 124 Å². The molecule has 3 atom stereocenters. The van der Waals surface area contributed by atoms with Gasteiger partial charge in [0, 0.05) is 17.5 Å². The molecule has 0 saturated carbocycles. The SMILES string of the molecule is O=C(NC1CC2CCC1O2)c1ccc(C#CCCO)cc1. The van der Waals surface area contributed by atoms with E-state index in [2.05, 4.69) is 17.2 Å². The van der Waals surface area contributed by atoms with Crippen LogP contribution in [0.3, 0.4) is 0 Å². The van der Waals surface area contributed by atoms with E-state index in [0.717, 1.165) is 24.8 Å². The van der Waals surface area contributed by atoms with Gasteiger partial charge in [-0.1, -0.05) is 11.8 Å². The summed E-state index contributed by atoms with van der Waals surface area (Å²) < 4.78 is 5.74. The average Bonchev–Trinajstić information content (AvgIpc) is 3.11. The number of rotatable bonds is 3. The molecule has 0 spiro atoms. The number of fused-ring (bicyclic) bond motifs is 2. The second-order valence-corrected chi connectivity index (χ2v) is 5.54. The molecular formula is C17H19NO3. The third kappa shape index (κ3) is 3.26. The molecule has 2 heterocycles. The number of benzene rings is 1. The first-order chi connectivity index (χ1) is 10.3. The van der Waals surface area contributed by atoms with Crippen molar-refractivity contribution in [3.8, 4) is 11.8 Å². The molecule has 1 aromatic rings. The summed E-state index contributed by atoms with van der Waals surface area (Å²) in [6.07, 6.45) is 4.10. The van der Waals surface area contributed by atoms with Crippen molar-refractivity contribution in [2.45, 2.75) is 43.9 Å². The van der Waals surface area contributed by atoms with Crippen LogP contribution in [0.5, 0.6) is 0 Å². The van der Waals surface area contributed by atoms with Crippen molar-refractivity contribution in [1.29, 1.82) is 0 Å². The Hall–Kier alpha value is -1.83. The van der Waals surface area contributed by atoms with Crippen molar-refractivity contribution >= 4 is 5.91 Å². The Balaban J connectivity index is 1.59. The first-order valence-electron chi connectivity index (χ1n) is 7.42. The Bertz CT molecular complexity index is 570. The summed E-state index contributed by atoms with van der Waals surface area (Å²) in [6.45, 7) is 0.0686. The predicted molar refractivity (Wildman–Crippen MR) is 78.8 cm³/mol. The fourth-order valence-electron chi connectivity index (χ4n) is 2.97. The van der Waals surface area contributed by atoms with Crippen LogP contribution in [0, 0.1) is 11.8 Å². The van der Waals surface area contributed by atoms with Gasteiger partial charge in [-0.25, -0.2) is 0 Å². The van der Waals surface area contributed by atoms with Gasteiger partial charge in [-0.05, 0) is 43.5 Å². The molecule has 3 rings (SSSR count). The number of carbonyl (C=O) groups is 1. The molecule has 2 fully saturated rings. The Morgan fingerprint density at radius 1 is 1.33 bits per heavy atom. The lowest BCUT2D eigenvalue weighted by Gasteiger charge is -2.20. The van der Waals surface area contributed by atoms with E-state index in [1.807, 2.05) is 12.1 Å². The van der Waals surface area contributed by atoms with Crippen LogP contribution in [0.2, 0.25) is 0 Å². The highest BCUT2D eigenvalue weighted by Gasteiger charge is 2.41. The fraction of sp³-hybridized carbons (Fsp3) is 0.471. The Morgan fingerprint density at radius 2 is 2.14 bits per heavy atom. The molecule has 4 heteroatoms. The van der Waals surface area contributed by atoms with Crippen LogP contribution in [-0.4, -0.2) is 35.9 Å². The minimum absolute atomic E-state index is 0.0500. The Morgan fingerprint density at radius 3 is 2.76 bits per heavy atom. The third-order valence-electron chi connectivity index (χ3n) is 4.04. The lowest BCUT2D eigenvalue weighted by molar-refractivity contribution is 0.0841. The van der Waals surface area contributed by atoms with Gasteiger partial charge in [-0.3, -0.25) is 4.79 Å². The van der Waals surface area contributed by atoms with Crippen molar-refractivity contribution in [2.24, 2.45) is 0 Å². The molecule has 21 heavy (non-hydrogen) atoms. The largest absolute Gasteiger partial charge is 0.395 e. The number of hydrogen-bond acceptors (Lipinski definition) is 3. The summed E-state index contributed by atoms with van der Waals surface area (Å²) in [5.74, 6) is 5.76. The summed E-state index contributed by atoms with van der Waals surface area (Å²) in [6, 6.07) is 7.38. The maximum absolute atomic E-state index is 12.2. The van der Waals surface area contributed by atoms with E-state index in [1.54, 1.807) is 12.1 Å². The van der Waals surface area contributed by atoms with Crippen LogP contribution < -0.4 is 5.32 Å². The van der Waals surface area contributed by atoms with E-state index in [9.17, 15) is 4.79 Å². The molecule has 2 saturated heterocycles. The minimum atomic E-state index is -0.0500. The average molecular weight is 285 g/mol. The minimum Gasteiger partial charge on any atom is -0.395 e. The van der Waals surface area contributed by atoms with E-state index >= 15 is 0 Å². The number of aliphatic hydroxyl groups excluding tert-OH is 1. The van der Waals surface area contributed by atoms with E-state index in [-0.39, 0.29) is 24.7 Å². The first kappa shape index (κ1) is 14.1. The van der Waals surface area contributed by atoms with Gasteiger partial charge in [0.25, 0.3) is 5.91 Å². The molecule has 2 bridgehead atoms. The van der Waals surface area contributed by atoms with E-state index in [0.29, 0.717) is 18.1 Å². The van der Waals surface area contributed by atoms with Crippen molar-refractivity contribution in [3.05, 3.63) is 35.4 Å². The zero-order valence-electron chi connectivity index (χ0n) is 11.8. The molecule has 3 unspecified atom stereocenters. The smallest absolute Gasteiger partial charge is 0.251 e. The quantitative estimate of drug-likeness (QED) is 0.827. The van der Waals surface area contributed by atoms with Crippen LogP contribution >= 0.6 is 0 Å². The van der Waals surface area contributed by atoms with Crippen LogP contribution in [0.25, 0.3) is 0 Å². The summed E-state index contributed by atoms with van der Waals surface area (Å²) in [4.78, 5) is 12.2. The van der Waals surface area contributed by atoms with Crippen molar-refractivity contribution in [3.63, 3.8) is 0 Å². The number of nitrogens with one attached hydrogen (secondary N) is 1. The second-order valence-electron chi connectivity index (χ2n) is 5.54. The highest BCUT2D eigenvalue weighted by atomic mass is 16.5. The monoisotopic (exact) mass is 285 g/mol. The van der Waals surface area contributed by atoms with Crippen molar-refractivity contribution in [1.82, 2.24) is 5.32 Å². The van der Waals surface area contributed by atoms with Crippen LogP contribution in [0.15, 0.2) is 24.3 Å². The predicted octanol–water partition coefficient (Wildman–Crippen LogP) is 1.47. The lowest BCUT2D eigenvalue weighted by Crippen LogP contribution is -2.41. The number of carbonyl (C=O) groups excluding carboxylic acids is 1. The molecule has 0 aromatic heterocycles. The fourth-order valence-corrected chi connectivity index (χ4v) is 2.97. The first-order valence-corrected chi connectivity index (χ1v) is 7.42. The summed E-state index contributed by atoms with van der Waals surface area (Å²) in [5, 5.41) is 11.7. The highest BCUT2D eigenvalue weighted by molar-refractivity contribution is 5.94. The second kappa shape index (κ2) is 6.30. The standard InChI is InChI=1S/C17H19NO3/c19-10-2-1-3-12-4-6-13(7-5-12)17(20)18-15-11-14-8-9-16(15)21-14/h4-7,14-16,19H,2,8-11H2,(H,18,20). The molecule has 2 aliphatic rings. The van der Waals surface area contributed by atoms with Gasteiger partial charge in [0.1, 0.15) is 0 Å². The van der Waals surface area contributed by atoms with E-state index in [4.69, 9.17) is 9.84 Å². The lowest BCUT2D eigenvalue weighted by atomic mass is 9.95. The molecule has 110 valence electrons. The van der Waals surface area contributed by atoms with Crippen LogP contribution in [0.4, 0.5) is 0 Å². The molecule has 2 N–H and O–H groups in total. The van der Waals surface area contributed by atoms with Gasteiger partial charge in [0.2, 0.25) is 0 Å². The van der Waals surface area contributed by atoms with Gasteiger partial charge in [0.15, 0.2) is 0 Å². The van der Waals surface area contributed by atoms with Crippen LogP contribution in [0.1, 0.15) is 41.6 Å². The summed E-state index contributed by atoms with van der Waals surface area (Å²) in [7, 11) is 0. The topological polar surface area (TPSA) is 58.6 Å². The molecule has 0 radical (unpaired) electrons. The summed E-state index contributed by atoms with van der Waals surface area (Å²) in [5.41, 5.74) is 1.49. The molecule has 4 nitrogen and oxygen atoms in total. The van der Waals surface area contributed by atoms with Gasteiger partial charge < -0.3 is 15.2 Å². The molecule has 0 aliphatic carbocycles. The van der Waals surface area contributed by atoms with Gasteiger partial charge in [-0.15, -0.1) is 0 Å². The van der Waals surface area contributed by atoms with Gasteiger partial charge in [0.05, 0.1) is 24.9 Å². The van der Waals surface area contributed by atoms with Crippen molar-refractivity contribution < 1.29 is 14.6 Å². The molecule has 2 aliphatic heterocycles. The number of ether oxygens (including phenoxy) is 1. The number of hydrogen-bond donors (Lipinski definition) is 2. The van der Waals surface area contributed by atoms with Gasteiger partial charge >= 0.3 is 0 Å². The molecule has 1 aromatic carbocycles. The zero-order valence-corrected chi connectivity index (χ0v) is 11.8. The number of amides is 1. The normalized spacial score (nSPS) is 26.2. The van der Waals surface area contributed by atoms with E-state index in [1.165, 1.54) is 0 Å². The number of aliphatic hydroxyl groups is 1. The van der Waals surface area contributed by atoms with Crippen LogP contribution in [-0.2, 0) is 4.74 Å². The molecule has 1 amide bonds.